The quantitative estimate of drug-likeness (QED) is 0.837. The van der Waals surface area contributed by atoms with Crippen LogP contribution in [0.4, 0.5) is 11.4 Å². The molecule has 0 radical (unpaired) electrons. The number of nitrogens with one attached hydrogen (secondary N) is 1. The summed E-state index contributed by atoms with van der Waals surface area (Å²) in [5.41, 5.74) is 6.31. The van der Waals surface area contributed by atoms with E-state index < -0.39 is 10.0 Å². The van der Waals surface area contributed by atoms with E-state index in [-0.39, 0.29) is 26.2 Å². The molecule has 0 aliphatic carbocycles. The lowest BCUT2D eigenvalue weighted by molar-refractivity contribution is 0.601. The summed E-state index contributed by atoms with van der Waals surface area (Å²) >= 11 is 11.8. The average molecular weight is 342 g/mol. The van der Waals surface area contributed by atoms with Gasteiger partial charge in [-0.3, -0.25) is 4.72 Å². The van der Waals surface area contributed by atoms with Crippen LogP contribution >= 0.6 is 23.2 Å². The van der Waals surface area contributed by atoms with Gasteiger partial charge in [0, 0.05) is 5.69 Å². The summed E-state index contributed by atoms with van der Waals surface area (Å²) in [5.74, 6) is 0. The maximum atomic E-state index is 12.3. The fourth-order valence-electron chi connectivity index (χ4n) is 1.59. The third kappa shape index (κ3) is 3.39. The lowest BCUT2D eigenvalue weighted by atomic mass is 10.2. The highest BCUT2D eigenvalue weighted by Gasteiger charge is 2.20. The zero-order valence-electron chi connectivity index (χ0n) is 10.5. The molecule has 0 atom stereocenters. The number of nitrogens with two attached hydrogens (primary N) is 1. The zero-order chi connectivity index (χ0) is 15.6. The number of nitriles is 1. The summed E-state index contributed by atoms with van der Waals surface area (Å²) in [7, 11) is -3.97. The molecule has 0 aliphatic rings. The first-order valence-electron chi connectivity index (χ1n) is 5.61. The maximum Gasteiger partial charge on any atom is 0.263 e. The van der Waals surface area contributed by atoms with E-state index in [1.165, 1.54) is 36.4 Å². The molecule has 21 heavy (non-hydrogen) atoms. The van der Waals surface area contributed by atoms with Gasteiger partial charge in [0.15, 0.2) is 0 Å². The SMILES string of the molecule is N#Cc1ccc(Cl)c(S(=O)(=O)Nc2ccc(N)cc2Cl)c1. The van der Waals surface area contributed by atoms with Crippen LogP contribution in [0.3, 0.4) is 0 Å². The van der Waals surface area contributed by atoms with Gasteiger partial charge in [0.05, 0.1) is 27.4 Å². The lowest BCUT2D eigenvalue weighted by Gasteiger charge is -2.11. The van der Waals surface area contributed by atoms with E-state index in [9.17, 15) is 8.42 Å². The maximum absolute atomic E-state index is 12.3. The summed E-state index contributed by atoms with van der Waals surface area (Å²) in [5, 5.41) is 9.01. The Morgan fingerprint density at radius 1 is 1.10 bits per heavy atom. The highest BCUT2D eigenvalue weighted by Crippen LogP contribution is 2.29. The Kier molecular flexibility index (Phi) is 4.28. The minimum atomic E-state index is -3.97. The van der Waals surface area contributed by atoms with Gasteiger partial charge in [0.25, 0.3) is 10.0 Å². The summed E-state index contributed by atoms with van der Waals surface area (Å²) in [6.45, 7) is 0. The van der Waals surface area contributed by atoms with E-state index in [2.05, 4.69) is 4.72 Å². The first kappa shape index (κ1) is 15.4. The number of nitrogen functional groups attached to an aromatic ring is 1. The first-order valence-corrected chi connectivity index (χ1v) is 7.85. The van der Waals surface area contributed by atoms with Crippen LogP contribution in [-0.4, -0.2) is 8.42 Å². The van der Waals surface area contributed by atoms with Crippen molar-refractivity contribution < 1.29 is 8.42 Å². The van der Waals surface area contributed by atoms with Crippen molar-refractivity contribution in [3.05, 3.63) is 52.0 Å². The molecule has 0 spiro atoms. The molecule has 0 aliphatic heterocycles. The fraction of sp³-hybridized carbons (Fsp3) is 0. The normalized spacial score (nSPS) is 10.9. The van der Waals surface area contributed by atoms with Gasteiger partial charge in [-0.1, -0.05) is 23.2 Å². The topological polar surface area (TPSA) is 96.0 Å². The molecule has 5 nitrogen and oxygen atoms in total. The van der Waals surface area contributed by atoms with Crippen molar-refractivity contribution in [3.63, 3.8) is 0 Å². The third-order valence-corrected chi connectivity index (χ3v) is 4.75. The Morgan fingerprint density at radius 2 is 1.81 bits per heavy atom. The monoisotopic (exact) mass is 341 g/mol. The van der Waals surface area contributed by atoms with E-state index in [0.29, 0.717) is 5.69 Å². The number of hydrogen-bond acceptors (Lipinski definition) is 4. The Morgan fingerprint density at radius 3 is 2.43 bits per heavy atom. The molecule has 0 fully saturated rings. The molecule has 0 aromatic heterocycles. The van der Waals surface area contributed by atoms with Crippen molar-refractivity contribution in [2.75, 3.05) is 10.5 Å². The van der Waals surface area contributed by atoms with Gasteiger partial charge in [-0.25, -0.2) is 8.42 Å². The zero-order valence-corrected chi connectivity index (χ0v) is 12.8. The molecule has 0 saturated carbocycles. The number of nitrogens with zero attached hydrogens (tertiary/aromatic N) is 1. The Labute approximate surface area is 132 Å². The van der Waals surface area contributed by atoms with Crippen LogP contribution in [0, 0.1) is 11.3 Å². The lowest BCUT2D eigenvalue weighted by Crippen LogP contribution is -2.14. The molecule has 2 aromatic rings. The van der Waals surface area contributed by atoms with Gasteiger partial charge in [-0.2, -0.15) is 5.26 Å². The third-order valence-electron chi connectivity index (χ3n) is 2.59. The van der Waals surface area contributed by atoms with Crippen molar-refractivity contribution in [2.45, 2.75) is 4.90 Å². The molecule has 0 bridgehead atoms. The fourth-order valence-corrected chi connectivity index (χ4v) is 3.49. The number of benzene rings is 2. The van der Waals surface area contributed by atoms with Crippen LogP contribution in [0.1, 0.15) is 5.56 Å². The largest absolute Gasteiger partial charge is 0.399 e. The summed E-state index contributed by atoms with van der Waals surface area (Å²) in [6.07, 6.45) is 0. The van der Waals surface area contributed by atoms with Crippen LogP contribution < -0.4 is 10.5 Å². The summed E-state index contributed by atoms with van der Waals surface area (Å²) in [4.78, 5) is -0.198. The molecular weight excluding hydrogens is 333 g/mol. The van der Waals surface area contributed by atoms with E-state index in [1.54, 1.807) is 0 Å². The van der Waals surface area contributed by atoms with E-state index >= 15 is 0 Å². The number of hydrogen-bond donors (Lipinski definition) is 2. The Balaban J connectivity index is 2.46. The van der Waals surface area contributed by atoms with Gasteiger partial charge >= 0.3 is 0 Å². The number of halogens is 2. The van der Waals surface area contributed by atoms with Crippen molar-refractivity contribution in [3.8, 4) is 6.07 Å². The van der Waals surface area contributed by atoms with Crippen molar-refractivity contribution in [1.29, 1.82) is 5.26 Å². The van der Waals surface area contributed by atoms with Crippen LogP contribution in [-0.2, 0) is 10.0 Å². The molecule has 0 heterocycles. The Bertz CT molecular complexity index is 845. The second kappa shape index (κ2) is 5.82. The van der Waals surface area contributed by atoms with Crippen LogP contribution in [0.15, 0.2) is 41.3 Å². The number of sulfonamides is 1. The molecule has 0 unspecified atom stereocenters. The highest BCUT2D eigenvalue weighted by atomic mass is 35.5. The second-order valence-electron chi connectivity index (χ2n) is 4.10. The van der Waals surface area contributed by atoms with Gasteiger partial charge in [-0.05, 0) is 36.4 Å². The van der Waals surface area contributed by atoms with Crippen LogP contribution in [0.25, 0.3) is 0 Å². The molecular formula is C13H9Cl2N3O2S. The smallest absolute Gasteiger partial charge is 0.263 e. The van der Waals surface area contributed by atoms with Crippen molar-refractivity contribution in [1.82, 2.24) is 0 Å². The van der Waals surface area contributed by atoms with Crippen LogP contribution in [0.5, 0.6) is 0 Å². The second-order valence-corrected chi connectivity index (χ2v) is 6.57. The Hall–Kier alpha value is -1.94. The van der Waals surface area contributed by atoms with Crippen molar-refractivity contribution in [2.24, 2.45) is 0 Å². The predicted molar refractivity (Wildman–Crippen MR) is 82.8 cm³/mol. The molecule has 0 saturated heterocycles. The minimum absolute atomic E-state index is 0.00747. The predicted octanol–water partition coefficient (Wildman–Crippen LogP) is 3.25. The van der Waals surface area contributed by atoms with Gasteiger partial charge in [0.2, 0.25) is 0 Å². The molecule has 2 aromatic carbocycles. The standard InChI is InChI=1S/C13H9Cl2N3O2S/c14-10-3-1-8(7-16)5-13(10)21(19,20)18-12-4-2-9(17)6-11(12)15/h1-6,18H,17H2. The number of rotatable bonds is 3. The van der Waals surface area contributed by atoms with E-state index in [4.69, 9.17) is 34.2 Å². The highest BCUT2D eigenvalue weighted by molar-refractivity contribution is 7.92. The van der Waals surface area contributed by atoms with E-state index in [1.807, 2.05) is 6.07 Å². The summed E-state index contributed by atoms with van der Waals surface area (Å²) in [6, 6.07) is 10.2. The average Bonchev–Trinajstić information content (AvgIpc) is 2.42. The molecule has 0 amide bonds. The minimum Gasteiger partial charge on any atom is -0.399 e. The molecule has 2 rings (SSSR count). The van der Waals surface area contributed by atoms with Gasteiger partial charge < -0.3 is 5.73 Å². The van der Waals surface area contributed by atoms with Gasteiger partial charge in [-0.15, -0.1) is 0 Å². The molecule has 8 heteroatoms. The number of anilines is 2. The summed E-state index contributed by atoms with van der Waals surface area (Å²) < 4.78 is 27.0. The van der Waals surface area contributed by atoms with Gasteiger partial charge in [0.1, 0.15) is 4.90 Å². The molecule has 108 valence electrons. The van der Waals surface area contributed by atoms with E-state index in [0.717, 1.165) is 0 Å². The van der Waals surface area contributed by atoms with Crippen molar-refractivity contribution >= 4 is 44.6 Å². The molecule has 3 N–H and O–H groups in total. The first-order chi connectivity index (χ1) is 9.83. The van der Waals surface area contributed by atoms with Crippen LogP contribution in [0.2, 0.25) is 10.0 Å².